The third-order valence-electron chi connectivity index (χ3n) is 7.35. The van der Waals surface area contributed by atoms with Crippen molar-refractivity contribution in [3.63, 3.8) is 0 Å². The summed E-state index contributed by atoms with van der Waals surface area (Å²) in [5, 5.41) is 11.9. The van der Waals surface area contributed by atoms with Gasteiger partial charge in [-0.2, -0.15) is 13.2 Å². The number of carboxylic acid groups (broad SMARTS) is 1. The zero-order valence-corrected chi connectivity index (χ0v) is 24.4. The quantitative estimate of drug-likeness (QED) is 0.162. The molecule has 3 aromatic carbocycles. The molecule has 1 aromatic heterocycles. The molecule has 0 amide bonds. The molecule has 8 nitrogen and oxygen atoms in total. The highest BCUT2D eigenvalue weighted by Gasteiger charge is 2.35. The van der Waals surface area contributed by atoms with Crippen LogP contribution in [0.3, 0.4) is 0 Å². The molecule has 0 bridgehead atoms. The van der Waals surface area contributed by atoms with E-state index in [-0.39, 0.29) is 41.1 Å². The summed E-state index contributed by atoms with van der Waals surface area (Å²) in [4.78, 5) is 38.9. The number of carbonyl (C=O) groups is 1. The number of halogens is 5. The number of nitrogens with zero attached hydrogens (tertiary/aromatic N) is 2. The van der Waals surface area contributed by atoms with Crippen molar-refractivity contribution in [3.8, 4) is 22.6 Å². The maximum atomic E-state index is 15.6. The number of carboxylic acids is 1. The second-order valence-electron chi connectivity index (χ2n) is 10.2. The van der Waals surface area contributed by atoms with E-state index in [1.807, 2.05) is 0 Å². The molecule has 0 aliphatic rings. The van der Waals surface area contributed by atoms with E-state index in [9.17, 15) is 31.9 Å². The van der Waals surface area contributed by atoms with Crippen molar-refractivity contribution in [2.75, 3.05) is 20.2 Å². The molecule has 45 heavy (non-hydrogen) atoms. The van der Waals surface area contributed by atoms with Crippen molar-refractivity contribution in [2.24, 2.45) is 0 Å². The zero-order chi connectivity index (χ0) is 32.9. The Morgan fingerprint density at radius 1 is 0.978 bits per heavy atom. The predicted octanol–water partition coefficient (Wildman–Crippen LogP) is 5.33. The van der Waals surface area contributed by atoms with Gasteiger partial charge in [0.2, 0.25) is 0 Å². The zero-order valence-electron chi connectivity index (χ0n) is 24.4. The van der Waals surface area contributed by atoms with Crippen LogP contribution in [0.4, 0.5) is 22.0 Å². The van der Waals surface area contributed by atoms with Gasteiger partial charge in [0, 0.05) is 23.2 Å². The molecule has 2 N–H and O–H groups in total. The molecule has 0 saturated heterocycles. The fourth-order valence-corrected chi connectivity index (χ4v) is 5.12. The van der Waals surface area contributed by atoms with Crippen LogP contribution in [0.25, 0.3) is 16.8 Å². The highest BCUT2D eigenvalue weighted by molar-refractivity contribution is 5.68. The van der Waals surface area contributed by atoms with E-state index >= 15 is 4.39 Å². The summed E-state index contributed by atoms with van der Waals surface area (Å²) in [5.41, 5.74) is -4.28. The Bertz CT molecular complexity index is 1830. The van der Waals surface area contributed by atoms with Crippen LogP contribution in [-0.2, 0) is 23.9 Å². The molecule has 238 valence electrons. The lowest BCUT2D eigenvalue weighted by Crippen LogP contribution is -2.42. The first-order chi connectivity index (χ1) is 21.4. The van der Waals surface area contributed by atoms with E-state index in [0.717, 1.165) is 21.3 Å². The molecule has 4 rings (SSSR count). The number of aliphatic carboxylic acids is 1. The molecule has 13 heteroatoms. The normalized spacial score (nSPS) is 11.5. The lowest BCUT2D eigenvalue weighted by Gasteiger charge is -2.21. The molecule has 0 radical (unpaired) electrons. The highest BCUT2D eigenvalue weighted by Crippen LogP contribution is 2.34. The summed E-state index contributed by atoms with van der Waals surface area (Å²) in [6.07, 6.45) is -4.32. The molecule has 0 atom stereocenters. The Morgan fingerprint density at radius 3 is 2.38 bits per heavy atom. The Labute approximate surface area is 254 Å². The van der Waals surface area contributed by atoms with Crippen LogP contribution >= 0.6 is 0 Å². The van der Waals surface area contributed by atoms with Gasteiger partial charge in [0.1, 0.15) is 5.82 Å². The van der Waals surface area contributed by atoms with Gasteiger partial charge >= 0.3 is 17.8 Å². The fourth-order valence-electron chi connectivity index (χ4n) is 5.12. The molecule has 0 unspecified atom stereocenters. The fraction of sp³-hybridized carbons (Fsp3) is 0.281. The maximum Gasteiger partial charge on any atom is 0.416 e. The second kappa shape index (κ2) is 13.9. The summed E-state index contributed by atoms with van der Waals surface area (Å²) in [6, 6.07) is 12.8. The van der Waals surface area contributed by atoms with E-state index in [1.165, 1.54) is 38.3 Å². The molecule has 0 aliphatic carbocycles. The third kappa shape index (κ3) is 7.14. The molecular formula is C32H30F5N3O5. The largest absolute Gasteiger partial charge is 0.494 e. The van der Waals surface area contributed by atoms with Crippen molar-refractivity contribution in [1.29, 1.82) is 0 Å². The number of nitrogens with one attached hydrogen (secondary N) is 1. The number of ether oxygens (including phenoxy) is 1. The van der Waals surface area contributed by atoms with Gasteiger partial charge in [-0.15, -0.1) is 0 Å². The number of aromatic nitrogens is 2. The van der Waals surface area contributed by atoms with E-state index in [0.29, 0.717) is 31.1 Å². The van der Waals surface area contributed by atoms with E-state index in [4.69, 9.17) is 9.84 Å². The van der Waals surface area contributed by atoms with Crippen LogP contribution in [0.5, 0.6) is 5.75 Å². The second-order valence-corrected chi connectivity index (χ2v) is 10.2. The van der Waals surface area contributed by atoms with Crippen LogP contribution in [0.2, 0.25) is 0 Å². The lowest BCUT2D eigenvalue weighted by atomic mass is 10.0. The summed E-state index contributed by atoms with van der Waals surface area (Å²) >= 11 is 0. The Kier molecular flexibility index (Phi) is 10.2. The molecule has 0 saturated carbocycles. The maximum absolute atomic E-state index is 15.6. The molecule has 4 aromatic rings. The number of hydrogen-bond donors (Lipinski definition) is 2. The van der Waals surface area contributed by atoms with Crippen LogP contribution in [0, 0.1) is 18.6 Å². The first-order valence-corrected chi connectivity index (χ1v) is 13.9. The number of benzene rings is 3. The smallest absolute Gasteiger partial charge is 0.416 e. The van der Waals surface area contributed by atoms with Crippen molar-refractivity contribution < 1.29 is 36.6 Å². The van der Waals surface area contributed by atoms with Gasteiger partial charge in [0.25, 0.3) is 5.56 Å². The SMILES string of the molecule is COc1cccc(-c2c(C)n(Cc3c(F)cccc3C(F)(F)F)c(=O)n(-c3ccccc3CCNCCCC(=O)O)c2=O)c1F. The molecule has 1 heterocycles. The average molecular weight is 632 g/mol. The van der Waals surface area contributed by atoms with Crippen molar-refractivity contribution in [2.45, 2.75) is 38.9 Å². The number of hydrogen-bond acceptors (Lipinski definition) is 5. The van der Waals surface area contributed by atoms with Crippen LogP contribution in [0.15, 0.2) is 70.3 Å². The third-order valence-corrected chi connectivity index (χ3v) is 7.35. The van der Waals surface area contributed by atoms with E-state index in [2.05, 4.69) is 5.32 Å². The van der Waals surface area contributed by atoms with Gasteiger partial charge in [0.05, 0.1) is 30.5 Å². The standard InChI is InChI=1S/C32H30F5N3O5/c1-19-28(21-9-5-13-26(45-2)29(21)34)30(43)40(25-12-4-3-8-20(25)15-17-38-16-7-14-27(41)42)31(44)39(19)18-22-23(32(35,36)37)10-6-11-24(22)33/h3-6,8-13,38H,7,14-18H2,1-2H3,(H,41,42). The predicted molar refractivity (Wildman–Crippen MR) is 157 cm³/mol. The van der Waals surface area contributed by atoms with Crippen LogP contribution in [-0.4, -0.2) is 40.4 Å². The summed E-state index contributed by atoms with van der Waals surface area (Å²) in [7, 11) is 1.22. The molecule has 0 spiro atoms. The van der Waals surface area contributed by atoms with Gasteiger partial charge in [-0.05, 0) is 62.7 Å². The average Bonchev–Trinajstić information content (AvgIpc) is 2.98. The van der Waals surface area contributed by atoms with Gasteiger partial charge in [0.15, 0.2) is 11.6 Å². The summed E-state index contributed by atoms with van der Waals surface area (Å²) in [6.45, 7) is 1.11. The number of alkyl halides is 3. The minimum absolute atomic E-state index is 0.0242. The first-order valence-electron chi connectivity index (χ1n) is 13.9. The molecule has 0 aliphatic heterocycles. The number of methoxy groups -OCH3 is 1. The minimum atomic E-state index is -4.95. The van der Waals surface area contributed by atoms with Gasteiger partial charge < -0.3 is 15.2 Å². The number of rotatable bonds is 12. The van der Waals surface area contributed by atoms with Crippen LogP contribution in [0.1, 0.15) is 35.2 Å². The van der Waals surface area contributed by atoms with Crippen molar-refractivity contribution >= 4 is 5.97 Å². The Balaban J connectivity index is 1.94. The monoisotopic (exact) mass is 631 g/mol. The van der Waals surface area contributed by atoms with Crippen molar-refractivity contribution in [1.82, 2.24) is 14.5 Å². The van der Waals surface area contributed by atoms with Crippen LogP contribution < -0.4 is 21.3 Å². The lowest BCUT2D eigenvalue weighted by molar-refractivity contribution is -0.138. The van der Waals surface area contributed by atoms with Gasteiger partial charge in [-0.3, -0.25) is 14.2 Å². The van der Waals surface area contributed by atoms with Gasteiger partial charge in [-0.25, -0.2) is 18.1 Å². The first kappa shape index (κ1) is 33.1. The topological polar surface area (TPSA) is 103 Å². The molecular weight excluding hydrogens is 601 g/mol. The van der Waals surface area contributed by atoms with E-state index in [1.54, 1.807) is 18.2 Å². The summed E-state index contributed by atoms with van der Waals surface area (Å²) < 4.78 is 78.9. The molecule has 0 fully saturated rings. The van der Waals surface area contributed by atoms with Gasteiger partial charge in [-0.1, -0.05) is 36.4 Å². The minimum Gasteiger partial charge on any atom is -0.494 e. The summed E-state index contributed by atoms with van der Waals surface area (Å²) in [5.74, 6) is -3.29. The van der Waals surface area contributed by atoms with Crippen molar-refractivity contribution in [3.05, 3.63) is 116 Å². The Hall–Kier alpha value is -4.78. The number of para-hydroxylation sites is 1. The van der Waals surface area contributed by atoms with E-state index < -0.39 is 52.7 Å². The highest BCUT2D eigenvalue weighted by atomic mass is 19.4. The Morgan fingerprint density at radius 2 is 1.69 bits per heavy atom.